The summed E-state index contributed by atoms with van der Waals surface area (Å²) in [7, 11) is 0. The number of hydrogen-bond donors (Lipinski definition) is 2. The summed E-state index contributed by atoms with van der Waals surface area (Å²) in [6.45, 7) is 4.08. The molecule has 0 aromatic rings. The minimum absolute atomic E-state index is 0.259. The molecule has 4 heteroatoms. The van der Waals surface area contributed by atoms with Crippen LogP contribution in [0.3, 0.4) is 0 Å². The Morgan fingerprint density at radius 1 is 0.810 bits per heavy atom. The molecular weight excluding hydrogens is 268 g/mol. The van der Waals surface area contributed by atoms with Gasteiger partial charge in [-0.05, 0) is 25.7 Å². The van der Waals surface area contributed by atoms with E-state index in [-0.39, 0.29) is 6.42 Å². The summed E-state index contributed by atoms with van der Waals surface area (Å²) in [4.78, 5) is 21.9. The molecule has 0 heterocycles. The lowest BCUT2D eigenvalue weighted by molar-refractivity contribution is -0.150. The van der Waals surface area contributed by atoms with Gasteiger partial charge in [0.1, 0.15) is 0 Å². The second-order valence-corrected chi connectivity index (χ2v) is 6.06. The van der Waals surface area contributed by atoms with Gasteiger partial charge in [-0.2, -0.15) is 0 Å². The standard InChI is InChI=1S/C17H32O4/c1-3-5-13-17(4-2,16(20)21)14-11-9-7-6-8-10-12-15(18)19/h3-14H2,1-2H3,(H,18,19)(H,20,21). The largest absolute Gasteiger partial charge is 0.481 e. The van der Waals surface area contributed by atoms with E-state index in [2.05, 4.69) is 6.92 Å². The van der Waals surface area contributed by atoms with Gasteiger partial charge in [-0.15, -0.1) is 0 Å². The third kappa shape index (κ3) is 8.74. The normalized spacial score (nSPS) is 13.8. The van der Waals surface area contributed by atoms with Gasteiger partial charge in [-0.25, -0.2) is 0 Å². The quantitative estimate of drug-likeness (QED) is 0.449. The van der Waals surface area contributed by atoms with Crippen molar-refractivity contribution in [2.45, 2.75) is 90.9 Å². The molecule has 4 nitrogen and oxygen atoms in total. The molecule has 0 saturated heterocycles. The topological polar surface area (TPSA) is 74.6 Å². The molecule has 2 N–H and O–H groups in total. The Morgan fingerprint density at radius 3 is 1.81 bits per heavy atom. The van der Waals surface area contributed by atoms with Gasteiger partial charge in [-0.1, -0.05) is 58.8 Å². The Bertz CT molecular complexity index is 301. The van der Waals surface area contributed by atoms with Gasteiger partial charge in [0.05, 0.1) is 5.41 Å². The first-order chi connectivity index (χ1) is 9.98. The summed E-state index contributed by atoms with van der Waals surface area (Å²) in [6, 6.07) is 0. The molecule has 0 rings (SSSR count). The lowest BCUT2D eigenvalue weighted by Crippen LogP contribution is -2.30. The zero-order valence-corrected chi connectivity index (χ0v) is 13.7. The fraction of sp³-hybridized carbons (Fsp3) is 0.882. The highest BCUT2D eigenvalue weighted by Crippen LogP contribution is 2.35. The molecule has 0 aliphatic carbocycles. The first-order valence-electron chi connectivity index (χ1n) is 8.43. The number of carbonyl (C=O) groups is 2. The van der Waals surface area contributed by atoms with E-state index in [0.717, 1.165) is 64.2 Å². The van der Waals surface area contributed by atoms with E-state index >= 15 is 0 Å². The summed E-state index contributed by atoms with van der Waals surface area (Å²) in [5, 5.41) is 18.1. The highest BCUT2D eigenvalue weighted by Gasteiger charge is 2.35. The van der Waals surface area contributed by atoms with Gasteiger partial charge >= 0.3 is 11.9 Å². The van der Waals surface area contributed by atoms with E-state index in [9.17, 15) is 14.7 Å². The van der Waals surface area contributed by atoms with Crippen molar-refractivity contribution in [2.75, 3.05) is 0 Å². The van der Waals surface area contributed by atoms with Crippen molar-refractivity contribution < 1.29 is 19.8 Å². The highest BCUT2D eigenvalue weighted by molar-refractivity contribution is 5.74. The van der Waals surface area contributed by atoms with Crippen LogP contribution in [-0.4, -0.2) is 22.2 Å². The van der Waals surface area contributed by atoms with E-state index in [1.165, 1.54) is 0 Å². The van der Waals surface area contributed by atoms with Crippen molar-refractivity contribution in [3.05, 3.63) is 0 Å². The Balaban J connectivity index is 3.88. The number of unbranched alkanes of at least 4 members (excludes halogenated alkanes) is 6. The van der Waals surface area contributed by atoms with Gasteiger partial charge in [0.15, 0.2) is 0 Å². The van der Waals surface area contributed by atoms with Crippen LogP contribution >= 0.6 is 0 Å². The zero-order chi connectivity index (χ0) is 16.1. The third-order valence-corrected chi connectivity index (χ3v) is 4.44. The summed E-state index contributed by atoms with van der Waals surface area (Å²) < 4.78 is 0. The van der Waals surface area contributed by atoms with Crippen LogP contribution in [0.25, 0.3) is 0 Å². The molecule has 0 spiro atoms. The SMILES string of the molecule is CCCCC(CC)(CCCCCCCCC(=O)O)C(=O)O. The molecule has 0 aromatic heterocycles. The molecular formula is C17H32O4. The molecule has 0 aromatic carbocycles. The second kappa shape index (κ2) is 11.6. The second-order valence-electron chi connectivity index (χ2n) is 6.06. The maximum absolute atomic E-state index is 11.6. The van der Waals surface area contributed by atoms with Crippen LogP contribution in [-0.2, 0) is 9.59 Å². The Labute approximate surface area is 128 Å². The summed E-state index contributed by atoms with van der Waals surface area (Å²) >= 11 is 0. The van der Waals surface area contributed by atoms with Gasteiger partial charge in [-0.3, -0.25) is 9.59 Å². The van der Waals surface area contributed by atoms with Gasteiger partial charge in [0.2, 0.25) is 0 Å². The van der Waals surface area contributed by atoms with Crippen LogP contribution in [0.4, 0.5) is 0 Å². The fourth-order valence-corrected chi connectivity index (χ4v) is 2.81. The van der Waals surface area contributed by atoms with Crippen LogP contribution < -0.4 is 0 Å². The van der Waals surface area contributed by atoms with Crippen molar-refractivity contribution in [2.24, 2.45) is 5.41 Å². The van der Waals surface area contributed by atoms with Crippen molar-refractivity contribution in [1.82, 2.24) is 0 Å². The molecule has 0 aliphatic rings. The van der Waals surface area contributed by atoms with Crippen molar-refractivity contribution in [3.63, 3.8) is 0 Å². The fourth-order valence-electron chi connectivity index (χ4n) is 2.81. The van der Waals surface area contributed by atoms with E-state index < -0.39 is 17.4 Å². The Hall–Kier alpha value is -1.06. The predicted octanol–water partition coefficient (Wildman–Crippen LogP) is 4.86. The number of carboxylic acids is 2. The third-order valence-electron chi connectivity index (χ3n) is 4.44. The van der Waals surface area contributed by atoms with Crippen LogP contribution in [0.15, 0.2) is 0 Å². The summed E-state index contributed by atoms with van der Waals surface area (Å²) in [5.74, 6) is -1.36. The van der Waals surface area contributed by atoms with Gasteiger partial charge in [0.25, 0.3) is 0 Å². The lowest BCUT2D eigenvalue weighted by Gasteiger charge is -2.28. The van der Waals surface area contributed by atoms with Crippen molar-refractivity contribution >= 4 is 11.9 Å². The molecule has 0 radical (unpaired) electrons. The molecule has 21 heavy (non-hydrogen) atoms. The van der Waals surface area contributed by atoms with E-state index in [1.807, 2.05) is 6.92 Å². The minimum atomic E-state index is -0.722. The summed E-state index contributed by atoms with van der Waals surface area (Å²) in [5.41, 5.74) is -0.528. The van der Waals surface area contributed by atoms with Crippen LogP contribution in [0.5, 0.6) is 0 Å². The van der Waals surface area contributed by atoms with Crippen LogP contribution in [0, 0.1) is 5.41 Å². The average Bonchev–Trinajstić information content (AvgIpc) is 2.44. The smallest absolute Gasteiger partial charge is 0.309 e. The maximum Gasteiger partial charge on any atom is 0.309 e. The predicted molar refractivity (Wildman–Crippen MR) is 84.5 cm³/mol. The first kappa shape index (κ1) is 19.9. The average molecular weight is 300 g/mol. The van der Waals surface area contributed by atoms with Crippen molar-refractivity contribution in [3.8, 4) is 0 Å². The molecule has 124 valence electrons. The van der Waals surface area contributed by atoms with Gasteiger partial charge in [0, 0.05) is 6.42 Å². The Morgan fingerprint density at radius 2 is 1.33 bits per heavy atom. The molecule has 0 saturated carbocycles. The molecule has 1 unspecified atom stereocenters. The molecule has 0 aliphatic heterocycles. The minimum Gasteiger partial charge on any atom is -0.481 e. The monoisotopic (exact) mass is 300 g/mol. The van der Waals surface area contributed by atoms with E-state index in [1.54, 1.807) is 0 Å². The first-order valence-corrected chi connectivity index (χ1v) is 8.43. The molecule has 0 amide bonds. The number of carboxylic acid groups (broad SMARTS) is 2. The zero-order valence-electron chi connectivity index (χ0n) is 13.7. The van der Waals surface area contributed by atoms with Crippen LogP contribution in [0.1, 0.15) is 90.9 Å². The summed E-state index contributed by atoms with van der Waals surface area (Å²) in [6.07, 6.45) is 10.4. The lowest BCUT2D eigenvalue weighted by atomic mass is 9.76. The maximum atomic E-state index is 11.6. The Kier molecular flexibility index (Phi) is 11.0. The number of hydrogen-bond acceptors (Lipinski definition) is 2. The van der Waals surface area contributed by atoms with E-state index in [4.69, 9.17) is 5.11 Å². The number of aliphatic carboxylic acids is 2. The van der Waals surface area contributed by atoms with E-state index in [0.29, 0.717) is 6.42 Å². The molecule has 0 bridgehead atoms. The highest BCUT2D eigenvalue weighted by atomic mass is 16.4. The van der Waals surface area contributed by atoms with Crippen LogP contribution in [0.2, 0.25) is 0 Å². The van der Waals surface area contributed by atoms with Gasteiger partial charge < -0.3 is 10.2 Å². The molecule has 1 atom stereocenters. The number of rotatable bonds is 14. The van der Waals surface area contributed by atoms with Crippen molar-refractivity contribution in [1.29, 1.82) is 0 Å². The molecule has 0 fully saturated rings.